The second-order valence-corrected chi connectivity index (χ2v) is 6.08. The van der Waals surface area contributed by atoms with Crippen molar-refractivity contribution in [1.82, 2.24) is 5.32 Å². The third-order valence-corrected chi connectivity index (χ3v) is 4.30. The van der Waals surface area contributed by atoms with Gasteiger partial charge in [0.05, 0.1) is 6.04 Å². The maximum absolute atomic E-state index is 12.4. The molecule has 1 amide bonds. The van der Waals surface area contributed by atoms with Crippen LogP contribution in [0.15, 0.2) is 24.3 Å². The van der Waals surface area contributed by atoms with E-state index in [0.717, 1.165) is 37.7 Å². The van der Waals surface area contributed by atoms with Crippen LogP contribution in [0.4, 0.5) is 0 Å². The predicted octanol–water partition coefficient (Wildman–Crippen LogP) is 3.42. The molecule has 0 aromatic heterocycles. The average molecular weight is 295 g/mol. The van der Waals surface area contributed by atoms with Gasteiger partial charge in [-0.05, 0) is 43.4 Å². The van der Waals surface area contributed by atoms with Crippen molar-refractivity contribution in [2.45, 2.75) is 51.1 Å². The van der Waals surface area contributed by atoms with Crippen molar-refractivity contribution < 1.29 is 4.79 Å². The molecule has 110 valence electrons. The Morgan fingerprint density at radius 3 is 2.95 bits per heavy atom. The minimum Gasteiger partial charge on any atom is -0.349 e. The Kier molecular flexibility index (Phi) is 5.44. The van der Waals surface area contributed by atoms with Crippen molar-refractivity contribution in [3.8, 4) is 0 Å². The van der Waals surface area contributed by atoms with E-state index < -0.39 is 0 Å². The summed E-state index contributed by atoms with van der Waals surface area (Å²) in [5.74, 6) is 0.193. The number of benzene rings is 1. The van der Waals surface area contributed by atoms with Crippen LogP contribution in [0.1, 0.15) is 50.6 Å². The molecule has 1 saturated carbocycles. The molecular formula is C16H23ClN2O. The number of rotatable bonds is 4. The van der Waals surface area contributed by atoms with Gasteiger partial charge in [0, 0.05) is 17.0 Å². The summed E-state index contributed by atoms with van der Waals surface area (Å²) >= 11 is 6.02. The highest BCUT2D eigenvalue weighted by molar-refractivity contribution is 6.30. The summed E-state index contributed by atoms with van der Waals surface area (Å²) in [6.45, 7) is 2.07. The van der Waals surface area contributed by atoms with Gasteiger partial charge < -0.3 is 11.1 Å². The Labute approximate surface area is 125 Å². The molecule has 0 spiro atoms. The Hall–Kier alpha value is -1.06. The fourth-order valence-electron chi connectivity index (χ4n) is 2.90. The van der Waals surface area contributed by atoms with Gasteiger partial charge in [-0.25, -0.2) is 0 Å². The molecule has 0 aliphatic heterocycles. The SMILES string of the molecule is CCC(NC(=O)C1CCCC(N)C1)c1cccc(Cl)c1. The Balaban J connectivity index is 2.00. The lowest BCUT2D eigenvalue weighted by Gasteiger charge is -2.28. The van der Waals surface area contributed by atoms with Crippen LogP contribution < -0.4 is 11.1 Å². The number of amides is 1. The van der Waals surface area contributed by atoms with E-state index in [9.17, 15) is 4.79 Å². The van der Waals surface area contributed by atoms with E-state index in [-0.39, 0.29) is 23.9 Å². The summed E-state index contributed by atoms with van der Waals surface area (Å²) in [4.78, 5) is 12.4. The van der Waals surface area contributed by atoms with Gasteiger partial charge >= 0.3 is 0 Å². The van der Waals surface area contributed by atoms with Crippen molar-refractivity contribution in [3.63, 3.8) is 0 Å². The van der Waals surface area contributed by atoms with E-state index in [0.29, 0.717) is 5.02 Å². The molecule has 0 bridgehead atoms. The second-order valence-electron chi connectivity index (χ2n) is 5.65. The number of carbonyl (C=O) groups excluding carboxylic acids is 1. The van der Waals surface area contributed by atoms with Crippen LogP contribution in [-0.2, 0) is 4.79 Å². The Morgan fingerprint density at radius 1 is 1.50 bits per heavy atom. The first-order chi connectivity index (χ1) is 9.60. The van der Waals surface area contributed by atoms with Gasteiger partial charge in [0.1, 0.15) is 0 Å². The van der Waals surface area contributed by atoms with Crippen molar-refractivity contribution >= 4 is 17.5 Å². The van der Waals surface area contributed by atoms with E-state index >= 15 is 0 Å². The molecule has 20 heavy (non-hydrogen) atoms. The summed E-state index contributed by atoms with van der Waals surface area (Å²) in [6, 6.07) is 7.89. The number of nitrogens with one attached hydrogen (secondary N) is 1. The molecule has 1 aromatic carbocycles. The van der Waals surface area contributed by atoms with Gasteiger partial charge in [-0.1, -0.05) is 37.1 Å². The fourth-order valence-corrected chi connectivity index (χ4v) is 3.10. The fraction of sp³-hybridized carbons (Fsp3) is 0.562. The molecule has 1 fully saturated rings. The second kappa shape index (κ2) is 7.09. The van der Waals surface area contributed by atoms with Crippen LogP contribution in [0.25, 0.3) is 0 Å². The zero-order valence-corrected chi connectivity index (χ0v) is 12.7. The van der Waals surface area contributed by atoms with Crippen molar-refractivity contribution in [2.24, 2.45) is 11.7 Å². The van der Waals surface area contributed by atoms with Crippen LogP contribution in [0.2, 0.25) is 5.02 Å². The average Bonchev–Trinajstić information content (AvgIpc) is 2.44. The monoisotopic (exact) mass is 294 g/mol. The first kappa shape index (κ1) is 15.3. The lowest BCUT2D eigenvalue weighted by atomic mass is 9.85. The van der Waals surface area contributed by atoms with Gasteiger partial charge in [0.25, 0.3) is 0 Å². The molecule has 3 nitrogen and oxygen atoms in total. The number of nitrogens with two attached hydrogens (primary N) is 1. The molecule has 1 aliphatic rings. The lowest BCUT2D eigenvalue weighted by molar-refractivity contribution is -0.126. The van der Waals surface area contributed by atoms with Gasteiger partial charge in [0.2, 0.25) is 5.91 Å². The maximum atomic E-state index is 12.4. The molecule has 3 N–H and O–H groups in total. The highest BCUT2D eigenvalue weighted by Crippen LogP contribution is 2.25. The Bertz CT molecular complexity index is 464. The molecule has 1 aromatic rings. The van der Waals surface area contributed by atoms with Crippen LogP contribution in [0, 0.1) is 5.92 Å². The van der Waals surface area contributed by atoms with Gasteiger partial charge in [-0.2, -0.15) is 0 Å². The molecule has 2 rings (SSSR count). The first-order valence-corrected chi connectivity index (χ1v) is 7.79. The normalized spacial score (nSPS) is 24.1. The minimum absolute atomic E-state index is 0.0272. The van der Waals surface area contributed by atoms with Gasteiger partial charge in [-0.3, -0.25) is 4.79 Å². The Morgan fingerprint density at radius 2 is 2.30 bits per heavy atom. The molecule has 3 atom stereocenters. The molecular weight excluding hydrogens is 272 g/mol. The molecule has 4 heteroatoms. The first-order valence-electron chi connectivity index (χ1n) is 7.41. The van der Waals surface area contributed by atoms with Crippen molar-refractivity contribution in [3.05, 3.63) is 34.9 Å². The number of hydrogen-bond acceptors (Lipinski definition) is 2. The minimum atomic E-state index is 0.0272. The third-order valence-electron chi connectivity index (χ3n) is 4.06. The van der Waals surface area contributed by atoms with Crippen LogP contribution >= 0.6 is 11.6 Å². The largest absolute Gasteiger partial charge is 0.349 e. The number of carbonyl (C=O) groups is 1. The molecule has 1 aliphatic carbocycles. The highest BCUT2D eigenvalue weighted by atomic mass is 35.5. The van der Waals surface area contributed by atoms with Crippen LogP contribution in [-0.4, -0.2) is 11.9 Å². The van der Waals surface area contributed by atoms with Crippen molar-refractivity contribution in [1.29, 1.82) is 0 Å². The number of hydrogen-bond donors (Lipinski definition) is 2. The van der Waals surface area contributed by atoms with E-state index in [1.807, 2.05) is 24.3 Å². The summed E-state index contributed by atoms with van der Waals surface area (Å²) in [6.07, 6.45) is 4.69. The topological polar surface area (TPSA) is 55.1 Å². The molecule has 3 unspecified atom stereocenters. The van der Waals surface area contributed by atoms with Gasteiger partial charge in [-0.15, -0.1) is 0 Å². The van der Waals surface area contributed by atoms with Crippen LogP contribution in [0.3, 0.4) is 0 Å². The maximum Gasteiger partial charge on any atom is 0.223 e. The van der Waals surface area contributed by atoms with Crippen molar-refractivity contribution in [2.75, 3.05) is 0 Å². The predicted molar refractivity (Wildman–Crippen MR) is 82.6 cm³/mol. The molecule has 0 saturated heterocycles. The zero-order chi connectivity index (χ0) is 14.5. The van der Waals surface area contributed by atoms with E-state index in [2.05, 4.69) is 12.2 Å². The van der Waals surface area contributed by atoms with Gasteiger partial charge in [0.15, 0.2) is 0 Å². The summed E-state index contributed by atoms with van der Waals surface area (Å²) in [5, 5.41) is 3.85. The summed E-state index contributed by atoms with van der Waals surface area (Å²) in [7, 11) is 0. The smallest absolute Gasteiger partial charge is 0.223 e. The van der Waals surface area contributed by atoms with E-state index in [4.69, 9.17) is 17.3 Å². The van der Waals surface area contributed by atoms with E-state index in [1.54, 1.807) is 0 Å². The molecule has 0 heterocycles. The summed E-state index contributed by atoms with van der Waals surface area (Å²) < 4.78 is 0. The zero-order valence-electron chi connectivity index (χ0n) is 11.9. The lowest BCUT2D eigenvalue weighted by Crippen LogP contribution is -2.39. The standard InChI is InChI=1S/C16H23ClN2O/c1-2-15(11-5-3-7-13(17)9-11)19-16(20)12-6-4-8-14(18)10-12/h3,5,7,9,12,14-15H,2,4,6,8,10,18H2,1H3,(H,19,20). The third kappa shape index (κ3) is 3.97. The summed E-state index contributed by atoms with van der Waals surface area (Å²) in [5.41, 5.74) is 7.02. The quantitative estimate of drug-likeness (QED) is 0.894. The van der Waals surface area contributed by atoms with Crippen LogP contribution in [0.5, 0.6) is 0 Å². The molecule has 0 radical (unpaired) electrons. The van der Waals surface area contributed by atoms with E-state index in [1.165, 1.54) is 0 Å². The highest BCUT2D eigenvalue weighted by Gasteiger charge is 2.26. The number of halogens is 1.